The van der Waals surface area contributed by atoms with Crippen LogP contribution < -0.4 is 10.2 Å². The van der Waals surface area contributed by atoms with Gasteiger partial charge in [-0.15, -0.1) is 0 Å². The van der Waals surface area contributed by atoms with Crippen LogP contribution in [0.15, 0.2) is 78.0 Å². The van der Waals surface area contributed by atoms with E-state index in [4.69, 9.17) is 0 Å². The molecule has 2 heterocycles. The largest absolute Gasteiger partial charge is 0.326 e. The number of benzene rings is 2. The lowest BCUT2D eigenvalue weighted by molar-refractivity contribution is -0.122. The summed E-state index contributed by atoms with van der Waals surface area (Å²) < 4.78 is 41.5. The van der Waals surface area contributed by atoms with Crippen LogP contribution in [0.1, 0.15) is 18.9 Å². The van der Waals surface area contributed by atoms with Gasteiger partial charge in [0, 0.05) is 31.5 Å². The van der Waals surface area contributed by atoms with Gasteiger partial charge in [0.25, 0.3) is 5.91 Å². The summed E-state index contributed by atoms with van der Waals surface area (Å²) in [4.78, 5) is 42.2. The third-order valence-electron chi connectivity index (χ3n) is 5.40. The van der Waals surface area contributed by atoms with E-state index in [2.05, 4.69) is 10.3 Å². The number of aromatic nitrogens is 1. The van der Waals surface area contributed by atoms with Gasteiger partial charge in [-0.1, -0.05) is 6.07 Å². The van der Waals surface area contributed by atoms with E-state index in [1.165, 1.54) is 43.6 Å². The Hall–Kier alpha value is -3.96. The number of anilines is 2. The highest BCUT2D eigenvalue weighted by Gasteiger charge is 2.47. The zero-order valence-corrected chi connectivity index (χ0v) is 19.4. The summed E-state index contributed by atoms with van der Waals surface area (Å²) in [6.45, 7) is 1.14. The van der Waals surface area contributed by atoms with Crippen LogP contribution >= 0.6 is 0 Å². The number of halogens is 1. The fraction of sp³-hybridized carbons (Fsp3) is 0.167. The van der Waals surface area contributed by atoms with Crippen LogP contribution in [-0.4, -0.2) is 41.5 Å². The van der Waals surface area contributed by atoms with Gasteiger partial charge in [-0.05, 0) is 60.2 Å². The van der Waals surface area contributed by atoms with Crippen molar-refractivity contribution in [2.24, 2.45) is 0 Å². The Kier molecular flexibility index (Phi) is 6.72. The van der Waals surface area contributed by atoms with E-state index >= 15 is 0 Å². The molecule has 2 aromatic carbocycles. The Morgan fingerprint density at radius 3 is 2.40 bits per heavy atom. The number of nitrogens with one attached hydrogen (secondary N) is 1. The van der Waals surface area contributed by atoms with Crippen molar-refractivity contribution in [1.82, 2.24) is 9.29 Å². The Bertz CT molecular complexity index is 1360. The first-order valence-electron chi connectivity index (χ1n) is 10.6. The molecule has 1 fully saturated rings. The quantitative estimate of drug-likeness (QED) is 0.503. The Morgan fingerprint density at radius 1 is 1.11 bits per heavy atom. The van der Waals surface area contributed by atoms with Crippen LogP contribution in [0.5, 0.6) is 0 Å². The predicted octanol–water partition coefficient (Wildman–Crippen LogP) is 2.70. The maximum Gasteiger partial charge on any atom is 0.252 e. The number of pyridine rings is 1. The van der Waals surface area contributed by atoms with Crippen LogP contribution in [0.25, 0.3) is 0 Å². The van der Waals surface area contributed by atoms with E-state index < -0.39 is 33.7 Å². The maximum absolute atomic E-state index is 13.5. The molecule has 11 heteroatoms. The monoisotopic (exact) mass is 496 g/mol. The summed E-state index contributed by atoms with van der Waals surface area (Å²) in [5.41, 5.74) is 1.24. The number of sulfonamides is 1. The van der Waals surface area contributed by atoms with E-state index in [1.54, 1.807) is 12.1 Å². The minimum absolute atomic E-state index is 0.207. The molecule has 1 aliphatic rings. The molecule has 3 amide bonds. The number of carbonyl (C=O) groups excluding carboxylic acids is 3. The van der Waals surface area contributed by atoms with Gasteiger partial charge in [0.2, 0.25) is 21.8 Å². The molecule has 0 bridgehead atoms. The molecule has 0 aliphatic carbocycles. The average molecular weight is 497 g/mol. The van der Waals surface area contributed by atoms with Crippen molar-refractivity contribution in [3.05, 3.63) is 84.4 Å². The molecule has 1 saturated heterocycles. The summed E-state index contributed by atoms with van der Waals surface area (Å²) >= 11 is 0. The van der Waals surface area contributed by atoms with Gasteiger partial charge in [-0.25, -0.2) is 17.7 Å². The molecule has 1 aliphatic heterocycles. The highest BCUT2D eigenvalue weighted by atomic mass is 32.2. The molecule has 9 nitrogen and oxygen atoms in total. The minimum Gasteiger partial charge on any atom is -0.326 e. The normalized spacial score (nSPS) is 16.1. The van der Waals surface area contributed by atoms with Crippen molar-refractivity contribution in [2.75, 3.05) is 10.2 Å². The van der Waals surface area contributed by atoms with E-state index in [9.17, 15) is 27.2 Å². The lowest BCUT2D eigenvalue weighted by atomic mass is 10.2. The van der Waals surface area contributed by atoms with E-state index in [-0.39, 0.29) is 29.5 Å². The standard InChI is InChI=1S/C24H21FN4O5S/c1-16(30)27-19-6-8-20(9-7-19)29-23(31)13-22(24(29)32)28(15-17-3-2-12-26-14-17)35(33,34)21-10-4-18(25)5-11-21/h2-12,14,22H,13,15H2,1H3,(H,27,30). The van der Waals surface area contributed by atoms with Crippen molar-refractivity contribution in [2.45, 2.75) is 30.8 Å². The molecule has 1 atom stereocenters. The van der Waals surface area contributed by atoms with Gasteiger partial charge >= 0.3 is 0 Å². The predicted molar refractivity (Wildman–Crippen MR) is 125 cm³/mol. The summed E-state index contributed by atoms with van der Waals surface area (Å²) in [6.07, 6.45) is 2.62. The smallest absolute Gasteiger partial charge is 0.252 e. The lowest BCUT2D eigenvalue weighted by Crippen LogP contribution is -2.45. The van der Waals surface area contributed by atoms with Crippen LogP contribution in [0, 0.1) is 5.82 Å². The van der Waals surface area contributed by atoms with Gasteiger partial charge < -0.3 is 5.32 Å². The fourth-order valence-electron chi connectivity index (χ4n) is 3.79. The molecule has 3 aromatic rings. The summed E-state index contributed by atoms with van der Waals surface area (Å²) in [5.74, 6) is -2.17. The van der Waals surface area contributed by atoms with Crippen LogP contribution in [0.3, 0.4) is 0 Å². The van der Waals surface area contributed by atoms with Gasteiger partial charge in [0.15, 0.2) is 0 Å². The average Bonchev–Trinajstić information content (AvgIpc) is 3.12. The van der Waals surface area contributed by atoms with E-state index in [0.29, 0.717) is 11.3 Å². The molecule has 0 saturated carbocycles. The lowest BCUT2D eigenvalue weighted by Gasteiger charge is -2.27. The second-order valence-corrected chi connectivity index (χ2v) is 9.77. The first kappa shape index (κ1) is 24.2. The molecular weight excluding hydrogens is 475 g/mol. The molecule has 1 unspecified atom stereocenters. The number of nitrogens with zero attached hydrogens (tertiary/aromatic N) is 3. The molecule has 4 rings (SSSR count). The van der Waals surface area contributed by atoms with Crippen molar-refractivity contribution in [3.8, 4) is 0 Å². The summed E-state index contributed by atoms with van der Waals surface area (Å²) in [5, 5.41) is 2.59. The zero-order valence-electron chi connectivity index (χ0n) is 18.6. The van der Waals surface area contributed by atoms with E-state index in [0.717, 1.165) is 33.5 Å². The van der Waals surface area contributed by atoms with Crippen molar-refractivity contribution >= 4 is 39.1 Å². The highest BCUT2D eigenvalue weighted by molar-refractivity contribution is 7.89. The first-order chi connectivity index (χ1) is 16.7. The van der Waals surface area contributed by atoms with Crippen molar-refractivity contribution < 1.29 is 27.2 Å². The van der Waals surface area contributed by atoms with Crippen LogP contribution in [-0.2, 0) is 31.0 Å². The Labute approximate surface area is 201 Å². The molecule has 35 heavy (non-hydrogen) atoms. The molecule has 1 N–H and O–H groups in total. The number of carbonyl (C=O) groups is 3. The van der Waals surface area contributed by atoms with Crippen LogP contribution in [0.2, 0.25) is 0 Å². The SMILES string of the molecule is CC(=O)Nc1ccc(N2C(=O)CC(N(Cc3cccnc3)S(=O)(=O)c3ccc(F)cc3)C2=O)cc1. The topological polar surface area (TPSA) is 117 Å². The Balaban J connectivity index is 1.69. The molecule has 180 valence electrons. The summed E-state index contributed by atoms with van der Waals surface area (Å²) in [6, 6.07) is 12.3. The van der Waals surface area contributed by atoms with Crippen molar-refractivity contribution in [1.29, 1.82) is 0 Å². The van der Waals surface area contributed by atoms with Gasteiger partial charge in [0.1, 0.15) is 11.9 Å². The van der Waals surface area contributed by atoms with Gasteiger partial charge in [-0.2, -0.15) is 4.31 Å². The number of rotatable bonds is 7. The third kappa shape index (κ3) is 5.10. The second kappa shape index (κ2) is 9.72. The first-order valence-corrected chi connectivity index (χ1v) is 12.0. The number of hydrogen-bond donors (Lipinski definition) is 1. The van der Waals surface area contributed by atoms with Crippen molar-refractivity contribution in [3.63, 3.8) is 0 Å². The number of amides is 3. The third-order valence-corrected chi connectivity index (χ3v) is 7.27. The maximum atomic E-state index is 13.5. The zero-order chi connectivity index (χ0) is 25.2. The second-order valence-electron chi connectivity index (χ2n) is 7.88. The molecule has 0 spiro atoms. The molecular formula is C24H21FN4O5S. The number of imide groups is 1. The van der Waals surface area contributed by atoms with Crippen LogP contribution in [0.4, 0.5) is 15.8 Å². The summed E-state index contributed by atoms with van der Waals surface area (Å²) in [7, 11) is -4.29. The molecule has 0 radical (unpaired) electrons. The minimum atomic E-state index is -4.29. The van der Waals surface area contributed by atoms with Gasteiger partial charge in [-0.3, -0.25) is 19.4 Å². The van der Waals surface area contributed by atoms with E-state index in [1.807, 2.05) is 0 Å². The number of hydrogen-bond acceptors (Lipinski definition) is 6. The molecule has 1 aromatic heterocycles. The Morgan fingerprint density at radius 2 is 1.80 bits per heavy atom. The van der Waals surface area contributed by atoms with Gasteiger partial charge in [0.05, 0.1) is 17.0 Å². The fourth-order valence-corrected chi connectivity index (χ4v) is 5.36. The highest BCUT2D eigenvalue weighted by Crippen LogP contribution is 2.31.